The lowest BCUT2D eigenvalue weighted by Crippen LogP contribution is -1.91. The number of rotatable bonds is 4. The summed E-state index contributed by atoms with van der Waals surface area (Å²) in [4.78, 5) is 0. The van der Waals surface area contributed by atoms with Crippen molar-refractivity contribution >= 4 is 10.8 Å². The van der Waals surface area contributed by atoms with Crippen LogP contribution in [0.15, 0.2) is 60.7 Å². The molecule has 0 fully saturated rings. The van der Waals surface area contributed by atoms with Crippen LogP contribution >= 0.6 is 0 Å². The molecule has 3 nitrogen and oxygen atoms in total. The second-order valence-electron chi connectivity index (χ2n) is 5.05. The van der Waals surface area contributed by atoms with Gasteiger partial charge in [-0.3, -0.25) is 0 Å². The third-order valence-electron chi connectivity index (χ3n) is 3.45. The summed E-state index contributed by atoms with van der Waals surface area (Å²) in [5.41, 5.74) is 0. The van der Waals surface area contributed by atoms with Gasteiger partial charge >= 0.3 is 0 Å². The maximum Gasteiger partial charge on any atom is 0.173 e. The molecule has 1 aliphatic rings. The van der Waals surface area contributed by atoms with Gasteiger partial charge in [0.2, 0.25) is 0 Å². The first-order valence-corrected chi connectivity index (χ1v) is 7.87. The van der Waals surface area contributed by atoms with Gasteiger partial charge in [-0.15, -0.1) is 0 Å². The molecule has 118 valence electrons. The molecule has 3 aromatic carbocycles. The lowest BCUT2D eigenvalue weighted by atomic mass is 10.1. The molecule has 0 aromatic heterocycles. The molecule has 0 unspecified atom stereocenters. The monoisotopic (exact) mass is 308 g/mol. The van der Waals surface area contributed by atoms with E-state index in [1.165, 1.54) is 10.8 Å². The van der Waals surface area contributed by atoms with Crippen molar-refractivity contribution in [1.82, 2.24) is 0 Å². The summed E-state index contributed by atoms with van der Waals surface area (Å²) in [6, 6.07) is 20.1. The van der Waals surface area contributed by atoms with E-state index < -0.39 is 0 Å². The topological polar surface area (TPSA) is 31.0 Å². The quantitative estimate of drug-likeness (QED) is 0.471. The first kappa shape index (κ1) is 15.2. The molecule has 0 atom stereocenters. The van der Waals surface area contributed by atoms with Gasteiger partial charge in [-0.2, -0.15) is 0 Å². The second-order valence-corrected chi connectivity index (χ2v) is 5.05. The molecule has 0 radical (unpaired) electrons. The minimum atomic E-state index is 0.707. The summed E-state index contributed by atoms with van der Waals surface area (Å²) < 4.78 is 15.8. The number of hydrogen-bond donors (Lipinski definition) is 0. The van der Waals surface area contributed by atoms with Crippen LogP contribution < -0.4 is 14.2 Å². The van der Waals surface area contributed by atoms with Crippen molar-refractivity contribution in [2.75, 3.05) is 13.2 Å². The van der Waals surface area contributed by atoms with Crippen molar-refractivity contribution in [3.05, 3.63) is 60.7 Å². The largest absolute Gasteiger partial charge is 0.494 e. The van der Waals surface area contributed by atoms with E-state index in [-0.39, 0.29) is 0 Å². The van der Waals surface area contributed by atoms with Gasteiger partial charge in [-0.25, -0.2) is 0 Å². The molecule has 0 saturated heterocycles. The van der Waals surface area contributed by atoms with Crippen molar-refractivity contribution in [3.63, 3.8) is 0 Å². The highest BCUT2D eigenvalue weighted by Crippen LogP contribution is 2.46. The minimum absolute atomic E-state index is 0.707. The lowest BCUT2D eigenvalue weighted by molar-refractivity contribution is 0.340. The number of ether oxygens (including phenoxy) is 3. The number of fused-ring (bicyclic) bond motifs is 2. The van der Waals surface area contributed by atoms with Crippen molar-refractivity contribution in [2.24, 2.45) is 0 Å². The third-order valence-corrected chi connectivity index (χ3v) is 3.45. The van der Waals surface area contributed by atoms with Crippen molar-refractivity contribution in [3.8, 4) is 23.0 Å². The van der Waals surface area contributed by atoms with Crippen LogP contribution in [-0.4, -0.2) is 13.2 Å². The van der Waals surface area contributed by atoms with E-state index in [1.54, 1.807) is 0 Å². The van der Waals surface area contributed by atoms with Crippen LogP contribution in [0.25, 0.3) is 10.8 Å². The summed E-state index contributed by atoms with van der Waals surface area (Å²) in [6.07, 6.45) is 0. The van der Waals surface area contributed by atoms with Crippen LogP contribution in [0.3, 0.4) is 0 Å². The predicted octanol–water partition coefficient (Wildman–Crippen LogP) is 5.43. The van der Waals surface area contributed by atoms with Crippen molar-refractivity contribution in [1.29, 1.82) is 0 Å². The van der Waals surface area contributed by atoms with Crippen LogP contribution in [0.5, 0.6) is 23.0 Å². The minimum Gasteiger partial charge on any atom is -0.494 e. The highest BCUT2D eigenvalue weighted by Gasteiger charge is 2.19. The first-order valence-electron chi connectivity index (χ1n) is 7.87. The van der Waals surface area contributed by atoms with Crippen LogP contribution in [0.1, 0.15) is 13.8 Å². The Kier molecular flexibility index (Phi) is 4.67. The molecule has 0 saturated carbocycles. The van der Waals surface area contributed by atoms with E-state index in [2.05, 4.69) is 18.2 Å². The Bertz CT molecular complexity index is 790. The lowest BCUT2D eigenvalue weighted by Gasteiger charge is -2.06. The molecule has 0 aliphatic carbocycles. The third kappa shape index (κ3) is 3.75. The van der Waals surface area contributed by atoms with Gasteiger partial charge in [-0.05, 0) is 37.4 Å². The van der Waals surface area contributed by atoms with E-state index in [1.807, 2.05) is 56.3 Å². The molecule has 23 heavy (non-hydrogen) atoms. The van der Waals surface area contributed by atoms with Gasteiger partial charge in [0.05, 0.1) is 13.2 Å². The Balaban J connectivity index is 0.000000140. The average molecular weight is 308 g/mol. The summed E-state index contributed by atoms with van der Waals surface area (Å²) in [5, 5.41) is 2.42. The van der Waals surface area contributed by atoms with Crippen LogP contribution in [0, 0.1) is 0 Å². The van der Waals surface area contributed by atoms with Gasteiger partial charge in [-0.1, -0.05) is 36.4 Å². The van der Waals surface area contributed by atoms with E-state index in [0.717, 1.165) is 23.0 Å². The van der Waals surface area contributed by atoms with Gasteiger partial charge in [0.25, 0.3) is 0 Å². The first-order chi connectivity index (χ1) is 11.3. The van der Waals surface area contributed by atoms with Gasteiger partial charge in [0.15, 0.2) is 11.5 Å². The summed E-state index contributed by atoms with van der Waals surface area (Å²) in [6.45, 7) is 5.39. The van der Waals surface area contributed by atoms with Crippen molar-refractivity contribution < 1.29 is 14.2 Å². The summed E-state index contributed by atoms with van der Waals surface area (Å²) in [7, 11) is 0. The Hall–Kier alpha value is -2.68. The van der Waals surface area contributed by atoms with Gasteiger partial charge in [0, 0.05) is 11.5 Å². The predicted molar refractivity (Wildman–Crippen MR) is 92.8 cm³/mol. The Morgan fingerprint density at radius 2 is 1.57 bits per heavy atom. The van der Waals surface area contributed by atoms with Crippen LogP contribution in [-0.2, 0) is 0 Å². The molecule has 1 aliphatic heterocycles. The number of hydrogen-bond acceptors (Lipinski definition) is 3. The van der Waals surface area contributed by atoms with E-state index in [4.69, 9.17) is 14.2 Å². The summed E-state index contributed by atoms with van der Waals surface area (Å²) >= 11 is 0. The fourth-order valence-electron chi connectivity index (χ4n) is 2.38. The Morgan fingerprint density at radius 1 is 0.783 bits per heavy atom. The fraction of sp³-hybridized carbons (Fsp3) is 0.200. The highest BCUT2D eigenvalue weighted by molar-refractivity contribution is 5.88. The molecular formula is C20H20O3. The SMILES string of the molecule is CCOc1ccc2c(c1)O2.CCOc1cccc2ccccc12. The van der Waals surface area contributed by atoms with Crippen LogP contribution in [0.4, 0.5) is 0 Å². The van der Waals surface area contributed by atoms with Crippen molar-refractivity contribution in [2.45, 2.75) is 13.8 Å². The highest BCUT2D eigenvalue weighted by atomic mass is 16.6. The van der Waals surface area contributed by atoms with E-state index in [9.17, 15) is 0 Å². The van der Waals surface area contributed by atoms with Crippen LogP contribution in [0.2, 0.25) is 0 Å². The molecule has 0 spiro atoms. The standard InChI is InChI=1S/C12H12O.C8H8O2/c1-2-13-12-9-5-7-10-6-3-4-8-11(10)12;1-2-9-6-3-4-7-8(5-6)10-7/h3-9H,2H2,1H3;3-5H,2H2,1H3. The molecular weight excluding hydrogens is 288 g/mol. The molecule has 0 amide bonds. The smallest absolute Gasteiger partial charge is 0.173 e. The Labute approximate surface area is 136 Å². The maximum absolute atomic E-state index is 5.52. The van der Waals surface area contributed by atoms with E-state index in [0.29, 0.717) is 13.2 Å². The average Bonchev–Trinajstić information content (AvgIpc) is 3.35. The zero-order valence-electron chi connectivity index (χ0n) is 13.4. The number of benzene rings is 3. The molecule has 0 bridgehead atoms. The molecule has 1 heterocycles. The van der Waals surface area contributed by atoms with Gasteiger partial charge in [0.1, 0.15) is 11.5 Å². The second kappa shape index (κ2) is 7.05. The fourth-order valence-corrected chi connectivity index (χ4v) is 2.38. The Morgan fingerprint density at radius 3 is 2.35 bits per heavy atom. The molecule has 3 aromatic rings. The van der Waals surface area contributed by atoms with E-state index >= 15 is 0 Å². The molecule has 0 N–H and O–H groups in total. The summed E-state index contributed by atoms with van der Waals surface area (Å²) in [5.74, 6) is 3.79. The zero-order chi connectivity index (χ0) is 16.1. The molecule has 4 rings (SSSR count). The normalized spacial score (nSPS) is 10.9. The van der Waals surface area contributed by atoms with Gasteiger partial charge < -0.3 is 14.2 Å². The maximum atomic E-state index is 5.52. The zero-order valence-corrected chi connectivity index (χ0v) is 13.4. The molecule has 3 heteroatoms.